The van der Waals surface area contributed by atoms with Crippen LogP contribution in [0.1, 0.15) is 27.7 Å². The Bertz CT molecular complexity index is 150. The van der Waals surface area contributed by atoms with E-state index in [1.54, 1.807) is 18.9 Å². The van der Waals surface area contributed by atoms with Crippen molar-refractivity contribution in [2.75, 3.05) is 0 Å². The monoisotopic (exact) mass is 188 g/mol. The first-order chi connectivity index (χ1) is 4.83. The molecule has 64 valence electrons. The fourth-order valence-electron chi connectivity index (χ4n) is 4.21. The third-order valence-corrected chi connectivity index (χ3v) is 14.1. The van der Waals surface area contributed by atoms with E-state index in [2.05, 4.69) is 27.7 Å². The fourth-order valence-corrected chi connectivity index (χ4v) is 17.3. The SMILES string of the molecule is CC1(C)[CH2][Ti]2([CH2]1)[CH2]C(C)(C)[CH2]2. The first kappa shape index (κ1) is 8.32. The summed E-state index contributed by atoms with van der Waals surface area (Å²) < 4.78 is 6.71. The Hall–Kier alpha value is 0.714. The van der Waals surface area contributed by atoms with Gasteiger partial charge in [0.15, 0.2) is 0 Å². The molecule has 0 radical (unpaired) electrons. The molecule has 0 nitrogen and oxygen atoms in total. The van der Waals surface area contributed by atoms with Gasteiger partial charge in [-0.2, -0.15) is 0 Å². The average Bonchev–Trinajstić information content (AvgIpc) is 1.52. The van der Waals surface area contributed by atoms with Gasteiger partial charge in [0.2, 0.25) is 0 Å². The summed E-state index contributed by atoms with van der Waals surface area (Å²) in [6.07, 6.45) is 0. The molecular weight excluding hydrogens is 168 g/mol. The van der Waals surface area contributed by atoms with E-state index in [-0.39, 0.29) is 0 Å². The number of hydrogen-bond donors (Lipinski definition) is 0. The Balaban J connectivity index is 1.93. The third-order valence-electron chi connectivity index (χ3n) is 3.41. The van der Waals surface area contributed by atoms with Gasteiger partial charge in [-0.3, -0.25) is 0 Å². The van der Waals surface area contributed by atoms with Gasteiger partial charge >= 0.3 is 74.0 Å². The molecule has 2 fully saturated rings. The summed E-state index contributed by atoms with van der Waals surface area (Å²) >= 11 is -1.04. The Kier molecular flexibility index (Phi) is 1.48. The molecule has 2 rings (SSSR count). The van der Waals surface area contributed by atoms with Crippen molar-refractivity contribution in [2.24, 2.45) is 10.8 Å². The molecule has 0 aliphatic carbocycles. The summed E-state index contributed by atoms with van der Waals surface area (Å²) in [5.74, 6) is 0. The van der Waals surface area contributed by atoms with Crippen LogP contribution in [0, 0.1) is 10.8 Å². The summed E-state index contributed by atoms with van der Waals surface area (Å²) in [6.45, 7) is 9.81. The van der Waals surface area contributed by atoms with Crippen molar-refractivity contribution < 1.29 is 16.6 Å². The molecule has 11 heavy (non-hydrogen) atoms. The van der Waals surface area contributed by atoms with Crippen LogP contribution in [0.3, 0.4) is 0 Å². The van der Waals surface area contributed by atoms with Crippen molar-refractivity contribution >= 4 is 0 Å². The maximum atomic E-state index is 2.45. The van der Waals surface area contributed by atoms with Gasteiger partial charge in [0, 0.05) is 0 Å². The first-order valence-electron chi connectivity index (χ1n) is 4.83. The second-order valence-corrected chi connectivity index (χ2v) is 13.4. The zero-order chi connectivity index (χ0) is 8.33. The predicted molar refractivity (Wildman–Crippen MR) is 46.8 cm³/mol. The van der Waals surface area contributed by atoms with Crippen molar-refractivity contribution in [3.63, 3.8) is 0 Å². The van der Waals surface area contributed by atoms with Crippen LogP contribution in [0.4, 0.5) is 0 Å². The molecule has 0 unspecified atom stereocenters. The van der Waals surface area contributed by atoms with Crippen LogP contribution < -0.4 is 0 Å². The van der Waals surface area contributed by atoms with Crippen molar-refractivity contribution in [3.05, 3.63) is 0 Å². The van der Waals surface area contributed by atoms with Crippen LogP contribution in [-0.4, -0.2) is 0 Å². The van der Waals surface area contributed by atoms with Crippen molar-refractivity contribution in [2.45, 2.75) is 46.6 Å². The van der Waals surface area contributed by atoms with E-state index in [9.17, 15) is 0 Å². The standard InChI is InChI=1S/2C5H10.Ti/c2*1-5(2,3)4;/h2*1-2H2,3-4H3;. The Morgan fingerprint density at radius 3 is 1.18 bits per heavy atom. The van der Waals surface area contributed by atoms with Crippen LogP contribution in [0.5, 0.6) is 0 Å². The molecule has 0 atom stereocenters. The summed E-state index contributed by atoms with van der Waals surface area (Å²) in [6, 6.07) is 0. The molecule has 2 heterocycles. The predicted octanol–water partition coefficient (Wildman–Crippen LogP) is 3.89. The zero-order valence-corrected chi connectivity index (χ0v) is 9.89. The molecule has 0 amide bonds. The number of hydrogen-bond acceptors (Lipinski definition) is 0. The topological polar surface area (TPSA) is 0 Å². The third kappa shape index (κ3) is 1.33. The molecule has 0 saturated carbocycles. The summed E-state index contributed by atoms with van der Waals surface area (Å²) in [5.41, 5.74) is 1.52. The van der Waals surface area contributed by atoms with E-state index >= 15 is 0 Å². The van der Waals surface area contributed by atoms with Gasteiger partial charge in [0.25, 0.3) is 0 Å². The fraction of sp³-hybridized carbons (Fsp3) is 1.00. The number of rotatable bonds is 0. The van der Waals surface area contributed by atoms with E-state index in [4.69, 9.17) is 0 Å². The van der Waals surface area contributed by atoms with Gasteiger partial charge in [0.1, 0.15) is 0 Å². The molecular formula is C10H20Ti. The second kappa shape index (κ2) is 1.96. The second-order valence-electron chi connectivity index (χ2n) is 6.54. The summed E-state index contributed by atoms with van der Waals surface area (Å²) in [4.78, 5) is 0. The minimum absolute atomic E-state index is 0.760. The Labute approximate surface area is 74.1 Å². The Morgan fingerprint density at radius 2 is 1.00 bits per heavy atom. The molecule has 2 aliphatic heterocycles. The van der Waals surface area contributed by atoms with Gasteiger partial charge in [-0.05, 0) is 0 Å². The summed E-state index contributed by atoms with van der Waals surface area (Å²) in [5, 5.41) is 0. The molecule has 1 heteroatoms. The minimum atomic E-state index is -1.04. The maximum absolute atomic E-state index is 2.45. The van der Waals surface area contributed by atoms with Gasteiger partial charge < -0.3 is 0 Å². The van der Waals surface area contributed by atoms with Crippen molar-refractivity contribution in [3.8, 4) is 0 Å². The van der Waals surface area contributed by atoms with Crippen molar-refractivity contribution in [1.29, 1.82) is 0 Å². The van der Waals surface area contributed by atoms with E-state index in [0.29, 0.717) is 0 Å². The molecule has 0 bridgehead atoms. The van der Waals surface area contributed by atoms with E-state index < -0.39 is 16.6 Å². The van der Waals surface area contributed by atoms with Crippen LogP contribution in [0.25, 0.3) is 0 Å². The van der Waals surface area contributed by atoms with Gasteiger partial charge in [0.05, 0.1) is 0 Å². The van der Waals surface area contributed by atoms with Gasteiger partial charge in [-0.15, -0.1) is 0 Å². The van der Waals surface area contributed by atoms with E-state index in [1.807, 2.05) is 0 Å². The zero-order valence-electron chi connectivity index (χ0n) is 8.33. The molecule has 1 spiro atoms. The molecule has 2 aliphatic rings. The van der Waals surface area contributed by atoms with Crippen LogP contribution in [-0.2, 0) is 16.6 Å². The van der Waals surface area contributed by atoms with E-state index in [0.717, 1.165) is 10.8 Å². The molecule has 0 aromatic carbocycles. The average molecular weight is 188 g/mol. The molecule has 0 aromatic rings. The van der Waals surface area contributed by atoms with Crippen molar-refractivity contribution in [1.82, 2.24) is 0 Å². The quantitative estimate of drug-likeness (QED) is 0.506. The normalized spacial score (nSPS) is 36.0. The van der Waals surface area contributed by atoms with Gasteiger partial charge in [-0.25, -0.2) is 0 Å². The molecule has 2 saturated heterocycles. The Morgan fingerprint density at radius 1 is 0.727 bits per heavy atom. The van der Waals surface area contributed by atoms with Crippen LogP contribution in [0.15, 0.2) is 0 Å². The van der Waals surface area contributed by atoms with E-state index in [1.165, 1.54) is 0 Å². The van der Waals surface area contributed by atoms with Gasteiger partial charge in [-0.1, -0.05) is 0 Å². The van der Waals surface area contributed by atoms with Crippen LogP contribution in [0.2, 0.25) is 18.9 Å². The molecule has 0 N–H and O–H groups in total. The summed E-state index contributed by atoms with van der Waals surface area (Å²) in [7, 11) is 0. The molecule has 0 aromatic heterocycles. The first-order valence-corrected chi connectivity index (χ1v) is 9.25. The van der Waals surface area contributed by atoms with Crippen LogP contribution >= 0.6 is 0 Å².